The summed E-state index contributed by atoms with van der Waals surface area (Å²) in [5.41, 5.74) is 0.449. The fourth-order valence-electron chi connectivity index (χ4n) is 1.23. The SMILES string of the molecule is N#CCc1cc(Br)nc(CBr)c1C(F)F. The molecule has 0 aromatic carbocycles. The average molecular weight is 340 g/mol. The molecule has 0 saturated carbocycles. The van der Waals surface area contributed by atoms with E-state index in [2.05, 4.69) is 36.8 Å². The highest BCUT2D eigenvalue weighted by atomic mass is 79.9. The standard InChI is InChI=1S/C9H6Br2F2N2/c10-4-6-8(9(12)13)5(1-2-14)3-7(11)15-6/h3,9H,1,4H2. The van der Waals surface area contributed by atoms with Gasteiger partial charge in [0.2, 0.25) is 0 Å². The first kappa shape index (κ1) is 12.5. The van der Waals surface area contributed by atoms with Gasteiger partial charge in [0.1, 0.15) is 4.60 Å². The molecular formula is C9H6Br2F2N2. The van der Waals surface area contributed by atoms with E-state index in [1.807, 2.05) is 6.07 Å². The van der Waals surface area contributed by atoms with Crippen LogP contribution in [0.3, 0.4) is 0 Å². The molecule has 0 unspecified atom stereocenters. The minimum Gasteiger partial charge on any atom is -0.245 e. The van der Waals surface area contributed by atoms with Crippen LogP contribution in [0.5, 0.6) is 0 Å². The Bertz CT molecular complexity index is 402. The lowest BCUT2D eigenvalue weighted by molar-refractivity contribution is 0.149. The van der Waals surface area contributed by atoms with Crippen LogP contribution in [0.15, 0.2) is 10.7 Å². The number of nitrogens with zero attached hydrogens (tertiary/aromatic N) is 2. The van der Waals surface area contributed by atoms with Gasteiger partial charge in [-0.2, -0.15) is 5.26 Å². The molecule has 2 nitrogen and oxygen atoms in total. The van der Waals surface area contributed by atoms with Gasteiger partial charge in [0.05, 0.1) is 18.2 Å². The number of aromatic nitrogens is 1. The molecule has 0 radical (unpaired) electrons. The zero-order chi connectivity index (χ0) is 11.4. The molecule has 15 heavy (non-hydrogen) atoms. The quantitative estimate of drug-likeness (QED) is 0.621. The topological polar surface area (TPSA) is 36.7 Å². The summed E-state index contributed by atoms with van der Waals surface area (Å²) in [5, 5.41) is 8.78. The fraction of sp³-hybridized carbons (Fsp3) is 0.333. The highest BCUT2D eigenvalue weighted by Gasteiger charge is 2.19. The molecule has 0 aliphatic rings. The van der Waals surface area contributed by atoms with Crippen molar-refractivity contribution in [2.45, 2.75) is 18.2 Å². The summed E-state index contributed by atoms with van der Waals surface area (Å²) in [7, 11) is 0. The van der Waals surface area contributed by atoms with E-state index < -0.39 is 6.43 Å². The Balaban J connectivity index is 3.34. The molecule has 0 atom stereocenters. The molecule has 1 aromatic rings. The molecule has 0 spiro atoms. The number of rotatable bonds is 3. The first-order valence-electron chi connectivity index (χ1n) is 3.99. The summed E-state index contributed by atoms with van der Waals surface area (Å²) in [6.07, 6.45) is -2.65. The Morgan fingerprint density at radius 3 is 2.67 bits per heavy atom. The van der Waals surface area contributed by atoms with E-state index in [0.717, 1.165) is 0 Å². The molecule has 1 heterocycles. The maximum Gasteiger partial charge on any atom is 0.265 e. The summed E-state index contributed by atoms with van der Waals surface area (Å²) in [6.45, 7) is 0. The second-order valence-corrected chi connectivity index (χ2v) is 4.11. The van der Waals surface area contributed by atoms with E-state index in [1.54, 1.807) is 0 Å². The Morgan fingerprint density at radius 2 is 2.20 bits per heavy atom. The lowest BCUT2D eigenvalue weighted by Crippen LogP contribution is -2.02. The Morgan fingerprint density at radius 1 is 1.53 bits per heavy atom. The molecule has 0 bridgehead atoms. The molecule has 0 saturated heterocycles. The second kappa shape index (κ2) is 5.52. The van der Waals surface area contributed by atoms with Crippen molar-refractivity contribution in [2.75, 3.05) is 0 Å². The molecule has 0 fully saturated rings. The van der Waals surface area contributed by atoms with E-state index in [0.29, 0.717) is 10.2 Å². The minimum absolute atomic E-state index is 0.0409. The fourth-order valence-corrected chi connectivity index (χ4v) is 2.15. The number of pyridine rings is 1. The summed E-state index contributed by atoms with van der Waals surface area (Å²) < 4.78 is 26.0. The van der Waals surface area contributed by atoms with Gasteiger partial charge in [-0.25, -0.2) is 13.8 Å². The predicted molar refractivity (Wildman–Crippen MR) is 58.8 cm³/mol. The zero-order valence-corrected chi connectivity index (χ0v) is 10.6. The van der Waals surface area contributed by atoms with E-state index in [1.165, 1.54) is 6.07 Å². The van der Waals surface area contributed by atoms with Crippen LogP contribution in [0, 0.1) is 11.3 Å². The minimum atomic E-state index is -2.61. The highest BCUT2D eigenvalue weighted by Crippen LogP contribution is 2.29. The van der Waals surface area contributed by atoms with Crippen LogP contribution in [0.25, 0.3) is 0 Å². The van der Waals surface area contributed by atoms with Crippen LogP contribution in [-0.4, -0.2) is 4.98 Å². The summed E-state index contributed by atoms with van der Waals surface area (Å²) in [5.74, 6) is 0. The molecule has 0 aliphatic carbocycles. The van der Waals surface area contributed by atoms with Crippen LogP contribution in [-0.2, 0) is 11.8 Å². The number of hydrogen-bond acceptors (Lipinski definition) is 2. The molecule has 1 rings (SSSR count). The number of alkyl halides is 3. The van der Waals surface area contributed by atoms with E-state index in [4.69, 9.17) is 5.26 Å². The van der Waals surface area contributed by atoms with Crippen molar-refractivity contribution in [3.63, 3.8) is 0 Å². The van der Waals surface area contributed by atoms with Crippen molar-refractivity contribution in [1.82, 2.24) is 4.98 Å². The van der Waals surface area contributed by atoms with Gasteiger partial charge < -0.3 is 0 Å². The monoisotopic (exact) mass is 338 g/mol. The van der Waals surface area contributed by atoms with Gasteiger partial charge in [-0.3, -0.25) is 0 Å². The normalized spacial score (nSPS) is 10.4. The van der Waals surface area contributed by atoms with Crippen molar-refractivity contribution in [1.29, 1.82) is 5.26 Å². The molecule has 80 valence electrons. The van der Waals surface area contributed by atoms with Gasteiger partial charge in [0.25, 0.3) is 6.43 Å². The first-order valence-corrected chi connectivity index (χ1v) is 5.90. The average Bonchev–Trinajstić information content (AvgIpc) is 2.16. The first-order chi connectivity index (χ1) is 7.10. The van der Waals surface area contributed by atoms with Crippen molar-refractivity contribution >= 4 is 31.9 Å². The number of nitriles is 1. The molecule has 0 aliphatic heterocycles. The van der Waals surface area contributed by atoms with E-state index in [-0.39, 0.29) is 23.0 Å². The third-order valence-electron chi connectivity index (χ3n) is 1.81. The van der Waals surface area contributed by atoms with E-state index in [9.17, 15) is 8.78 Å². The summed E-state index contributed by atoms with van der Waals surface area (Å²) in [4.78, 5) is 3.94. The predicted octanol–water partition coefficient (Wildman–Crippen LogP) is 3.74. The van der Waals surface area contributed by atoms with Crippen molar-refractivity contribution in [2.24, 2.45) is 0 Å². The van der Waals surface area contributed by atoms with Gasteiger partial charge in [-0.05, 0) is 27.6 Å². The van der Waals surface area contributed by atoms with Gasteiger partial charge in [-0.1, -0.05) is 15.9 Å². The van der Waals surface area contributed by atoms with Gasteiger partial charge in [0.15, 0.2) is 0 Å². The van der Waals surface area contributed by atoms with Crippen LogP contribution in [0.1, 0.15) is 23.2 Å². The van der Waals surface area contributed by atoms with Crippen molar-refractivity contribution < 1.29 is 8.78 Å². The lowest BCUT2D eigenvalue weighted by Gasteiger charge is -2.10. The largest absolute Gasteiger partial charge is 0.265 e. The van der Waals surface area contributed by atoms with E-state index >= 15 is 0 Å². The Kier molecular flexibility index (Phi) is 4.61. The molecule has 1 aromatic heterocycles. The van der Waals surface area contributed by atoms with Crippen LogP contribution in [0.4, 0.5) is 8.78 Å². The Labute approximate surface area is 103 Å². The summed E-state index contributed by atoms with van der Waals surface area (Å²) in [6, 6.07) is 3.32. The molecule has 0 N–H and O–H groups in total. The smallest absolute Gasteiger partial charge is 0.245 e. The van der Waals surface area contributed by atoms with Gasteiger partial charge in [-0.15, -0.1) is 0 Å². The third-order valence-corrected chi connectivity index (χ3v) is 2.74. The number of halogens is 4. The molecule has 6 heteroatoms. The number of hydrogen-bond donors (Lipinski definition) is 0. The van der Waals surface area contributed by atoms with Crippen molar-refractivity contribution in [3.8, 4) is 6.07 Å². The van der Waals surface area contributed by atoms with Crippen LogP contribution < -0.4 is 0 Å². The second-order valence-electron chi connectivity index (χ2n) is 2.73. The molecule has 0 amide bonds. The molecular weight excluding hydrogens is 334 g/mol. The summed E-state index contributed by atoms with van der Waals surface area (Å²) >= 11 is 6.22. The third kappa shape index (κ3) is 2.95. The zero-order valence-electron chi connectivity index (χ0n) is 7.48. The van der Waals surface area contributed by atoms with Crippen LogP contribution >= 0.6 is 31.9 Å². The maximum absolute atomic E-state index is 12.7. The Hall–Kier alpha value is -0.540. The van der Waals surface area contributed by atoms with Gasteiger partial charge >= 0.3 is 0 Å². The van der Waals surface area contributed by atoms with Crippen LogP contribution in [0.2, 0.25) is 0 Å². The maximum atomic E-state index is 12.7. The lowest BCUT2D eigenvalue weighted by atomic mass is 10.1. The van der Waals surface area contributed by atoms with Gasteiger partial charge in [0, 0.05) is 10.9 Å². The van der Waals surface area contributed by atoms with Crippen molar-refractivity contribution in [3.05, 3.63) is 27.5 Å². The highest BCUT2D eigenvalue weighted by molar-refractivity contribution is 9.10.